The van der Waals surface area contributed by atoms with Crippen LogP contribution in [0.3, 0.4) is 0 Å². The molecule has 0 saturated carbocycles. The van der Waals surface area contributed by atoms with Crippen LogP contribution in [0, 0.1) is 0 Å². The lowest BCUT2D eigenvalue weighted by Gasteiger charge is -2.17. The molecule has 2 aromatic rings. The zero-order valence-corrected chi connectivity index (χ0v) is 12.8. The van der Waals surface area contributed by atoms with Crippen LogP contribution in [0.1, 0.15) is 18.5 Å². The highest BCUT2D eigenvalue weighted by Gasteiger charge is 2.11. The zero-order chi connectivity index (χ0) is 14.5. The van der Waals surface area contributed by atoms with Crippen molar-refractivity contribution in [2.75, 3.05) is 17.0 Å². The molecule has 5 nitrogen and oxygen atoms in total. The average molecular weight is 310 g/mol. The summed E-state index contributed by atoms with van der Waals surface area (Å²) in [4.78, 5) is 8.61. The number of nitrogen functional groups attached to an aromatic ring is 1. The molecule has 0 bridgehead atoms. The van der Waals surface area contributed by atoms with Crippen LogP contribution in [0.5, 0.6) is 0 Å². The van der Waals surface area contributed by atoms with Crippen molar-refractivity contribution in [1.29, 1.82) is 0 Å². The van der Waals surface area contributed by atoms with Crippen LogP contribution in [-0.2, 0) is 0 Å². The molecule has 4 N–H and O–H groups in total. The minimum absolute atomic E-state index is 0.0268. The number of hydrazine groups is 1. The van der Waals surface area contributed by atoms with Gasteiger partial charge in [-0.15, -0.1) is 0 Å². The Balaban J connectivity index is 2.23. The van der Waals surface area contributed by atoms with Crippen LogP contribution in [0.15, 0.2) is 35.5 Å². The second kappa shape index (κ2) is 6.78. The van der Waals surface area contributed by atoms with Crippen molar-refractivity contribution in [1.82, 2.24) is 9.97 Å². The van der Waals surface area contributed by atoms with E-state index in [2.05, 4.69) is 20.7 Å². The van der Waals surface area contributed by atoms with Crippen LogP contribution in [-0.4, -0.2) is 16.2 Å². The van der Waals surface area contributed by atoms with E-state index >= 15 is 0 Å². The van der Waals surface area contributed by atoms with Crippen molar-refractivity contribution >= 4 is 35.0 Å². The van der Waals surface area contributed by atoms with Gasteiger partial charge in [-0.3, -0.25) is 0 Å². The van der Waals surface area contributed by atoms with Gasteiger partial charge < -0.3 is 10.7 Å². The van der Waals surface area contributed by atoms with Crippen molar-refractivity contribution in [3.63, 3.8) is 0 Å². The summed E-state index contributed by atoms with van der Waals surface area (Å²) in [7, 11) is 0. The summed E-state index contributed by atoms with van der Waals surface area (Å²) < 4.78 is 0. The van der Waals surface area contributed by atoms with Crippen molar-refractivity contribution in [2.24, 2.45) is 5.84 Å². The SMILES string of the molecule is CSc1nc(NN)cc(NC(C)c2ccccc2Cl)n1. The fourth-order valence-corrected chi connectivity index (χ4v) is 2.47. The Bertz CT molecular complexity index is 570. The summed E-state index contributed by atoms with van der Waals surface area (Å²) in [6.45, 7) is 2.03. The Labute approximate surface area is 127 Å². The van der Waals surface area contributed by atoms with Crippen LogP contribution >= 0.6 is 23.4 Å². The van der Waals surface area contributed by atoms with E-state index in [9.17, 15) is 0 Å². The Morgan fingerprint density at radius 3 is 2.60 bits per heavy atom. The van der Waals surface area contributed by atoms with E-state index < -0.39 is 0 Å². The first-order valence-corrected chi connectivity index (χ1v) is 7.65. The number of hydrogen-bond acceptors (Lipinski definition) is 6. The Kier molecular flexibility index (Phi) is 5.05. The minimum Gasteiger partial charge on any atom is -0.363 e. The van der Waals surface area contributed by atoms with Crippen molar-refractivity contribution in [3.05, 3.63) is 40.9 Å². The molecule has 0 aliphatic rings. The molecule has 2 rings (SSSR count). The highest BCUT2D eigenvalue weighted by atomic mass is 35.5. The summed E-state index contributed by atoms with van der Waals surface area (Å²) in [6.07, 6.45) is 1.91. The van der Waals surface area contributed by atoms with E-state index in [0.29, 0.717) is 16.8 Å². The summed E-state index contributed by atoms with van der Waals surface area (Å²) in [5.41, 5.74) is 3.55. The second-order valence-electron chi connectivity index (χ2n) is 4.16. The number of benzene rings is 1. The standard InChI is InChI=1S/C13H16ClN5S/c1-8(9-5-3-4-6-10(9)14)16-11-7-12(19-15)18-13(17-11)20-2/h3-8H,15H2,1-2H3,(H2,16,17,18,19). The topological polar surface area (TPSA) is 75.9 Å². The molecule has 0 radical (unpaired) electrons. The molecule has 0 spiro atoms. The van der Waals surface area contributed by atoms with Gasteiger partial charge in [0.1, 0.15) is 11.6 Å². The van der Waals surface area contributed by atoms with E-state index in [4.69, 9.17) is 17.4 Å². The number of thioether (sulfide) groups is 1. The van der Waals surface area contributed by atoms with Gasteiger partial charge in [-0.05, 0) is 24.8 Å². The van der Waals surface area contributed by atoms with Crippen LogP contribution in [0.2, 0.25) is 5.02 Å². The molecule has 7 heteroatoms. The first-order valence-electron chi connectivity index (χ1n) is 6.04. The summed E-state index contributed by atoms with van der Waals surface area (Å²) in [6, 6.07) is 9.51. The lowest BCUT2D eigenvalue weighted by Crippen LogP contribution is -2.13. The predicted octanol–water partition coefficient (Wildman–Crippen LogP) is 3.31. The van der Waals surface area contributed by atoms with Gasteiger partial charge in [0.2, 0.25) is 0 Å². The largest absolute Gasteiger partial charge is 0.363 e. The minimum atomic E-state index is 0.0268. The quantitative estimate of drug-likeness (QED) is 0.340. The third-order valence-electron chi connectivity index (χ3n) is 2.77. The fourth-order valence-electron chi connectivity index (χ4n) is 1.79. The number of halogens is 1. The lowest BCUT2D eigenvalue weighted by molar-refractivity contribution is 0.856. The molecule has 1 unspecified atom stereocenters. The zero-order valence-electron chi connectivity index (χ0n) is 11.2. The molecule has 1 atom stereocenters. The van der Waals surface area contributed by atoms with E-state index in [0.717, 1.165) is 10.6 Å². The number of nitrogens with zero attached hydrogens (tertiary/aromatic N) is 2. The van der Waals surface area contributed by atoms with E-state index in [1.807, 2.05) is 37.4 Å². The number of nitrogens with one attached hydrogen (secondary N) is 2. The highest BCUT2D eigenvalue weighted by molar-refractivity contribution is 7.98. The number of hydrogen-bond donors (Lipinski definition) is 3. The van der Waals surface area contributed by atoms with Gasteiger partial charge in [0.05, 0.1) is 6.04 Å². The first kappa shape index (κ1) is 14.9. The van der Waals surface area contributed by atoms with Gasteiger partial charge in [0.25, 0.3) is 0 Å². The summed E-state index contributed by atoms with van der Waals surface area (Å²) >= 11 is 7.65. The average Bonchev–Trinajstić information content (AvgIpc) is 2.47. The van der Waals surface area contributed by atoms with Crippen LogP contribution in [0.4, 0.5) is 11.6 Å². The molecule has 1 heterocycles. The number of aromatic nitrogens is 2. The van der Waals surface area contributed by atoms with E-state index in [-0.39, 0.29) is 6.04 Å². The maximum absolute atomic E-state index is 6.19. The van der Waals surface area contributed by atoms with Gasteiger partial charge >= 0.3 is 0 Å². The molecule has 0 aliphatic carbocycles. The summed E-state index contributed by atoms with van der Waals surface area (Å²) in [5, 5.41) is 4.68. The van der Waals surface area contributed by atoms with Crippen LogP contribution < -0.4 is 16.6 Å². The Hall–Kier alpha value is -1.50. The number of anilines is 2. The molecule has 1 aromatic carbocycles. The van der Waals surface area contributed by atoms with Crippen LogP contribution in [0.25, 0.3) is 0 Å². The predicted molar refractivity (Wildman–Crippen MR) is 85.1 cm³/mol. The third-order valence-corrected chi connectivity index (χ3v) is 3.66. The van der Waals surface area contributed by atoms with Gasteiger partial charge in [-0.2, -0.15) is 0 Å². The lowest BCUT2D eigenvalue weighted by atomic mass is 10.1. The molecule has 0 amide bonds. The fraction of sp³-hybridized carbons (Fsp3) is 0.231. The Morgan fingerprint density at radius 1 is 1.25 bits per heavy atom. The highest BCUT2D eigenvalue weighted by Crippen LogP contribution is 2.26. The van der Waals surface area contributed by atoms with Crippen molar-refractivity contribution < 1.29 is 0 Å². The molecule has 0 fully saturated rings. The number of rotatable bonds is 5. The van der Waals surface area contributed by atoms with Crippen molar-refractivity contribution in [2.45, 2.75) is 18.1 Å². The maximum atomic E-state index is 6.19. The summed E-state index contributed by atoms with van der Waals surface area (Å²) in [5.74, 6) is 6.68. The van der Waals surface area contributed by atoms with Gasteiger partial charge in [0.15, 0.2) is 5.16 Å². The van der Waals surface area contributed by atoms with Gasteiger partial charge in [0, 0.05) is 11.1 Å². The van der Waals surface area contributed by atoms with Crippen molar-refractivity contribution in [3.8, 4) is 0 Å². The molecule has 0 aliphatic heterocycles. The van der Waals surface area contributed by atoms with Gasteiger partial charge in [-0.25, -0.2) is 15.8 Å². The molecule has 20 heavy (non-hydrogen) atoms. The first-order chi connectivity index (χ1) is 9.63. The van der Waals surface area contributed by atoms with Gasteiger partial charge in [-0.1, -0.05) is 41.6 Å². The van der Waals surface area contributed by atoms with E-state index in [1.54, 1.807) is 6.07 Å². The molecule has 0 saturated heterocycles. The molecule has 1 aromatic heterocycles. The van der Waals surface area contributed by atoms with E-state index in [1.165, 1.54) is 11.8 Å². The monoisotopic (exact) mass is 309 g/mol. The smallest absolute Gasteiger partial charge is 0.191 e. The molecular formula is C13H16ClN5S. The normalized spacial score (nSPS) is 12.0. The third kappa shape index (κ3) is 3.53. The second-order valence-corrected chi connectivity index (χ2v) is 5.34. The number of nitrogens with two attached hydrogens (primary N) is 1. The molecular weight excluding hydrogens is 294 g/mol. The Morgan fingerprint density at radius 2 is 1.95 bits per heavy atom. The maximum Gasteiger partial charge on any atom is 0.191 e. The molecule has 106 valence electrons.